The lowest BCUT2D eigenvalue weighted by atomic mass is 10.2. The average molecular weight is 383 g/mol. The topological polar surface area (TPSA) is 76.1 Å². The summed E-state index contributed by atoms with van der Waals surface area (Å²) in [6.07, 6.45) is 1.34. The number of carbonyl (C=O) groups is 1. The number of para-hydroxylation sites is 2. The van der Waals surface area contributed by atoms with Gasteiger partial charge in [-0.25, -0.2) is 9.97 Å². The van der Waals surface area contributed by atoms with Gasteiger partial charge in [0.05, 0.1) is 12.3 Å². The van der Waals surface area contributed by atoms with E-state index in [0.29, 0.717) is 28.9 Å². The van der Waals surface area contributed by atoms with Crippen molar-refractivity contribution in [3.8, 4) is 5.75 Å². The van der Waals surface area contributed by atoms with E-state index in [9.17, 15) is 4.79 Å². The van der Waals surface area contributed by atoms with E-state index in [1.54, 1.807) is 24.3 Å². The normalized spacial score (nSPS) is 10.3. The van der Waals surface area contributed by atoms with Gasteiger partial charge >= 0.3 is 0 Å². The van der Waals surface area contributed by atoms with Crippen LogP contribution in [0.4, 0.5) is 17.2 Å². The first-order valence-electron chi connectivity index (χ1n) is 8.45. The zero-order valence-corrected chi connectivity index (χ0v) is 15.7. The molecule has 0 aliphatic heterocycles. The van der Waals surface area contributed by atoms with Crippen molar-refractivity contribution < 1.29 is 9.53 Å². The fourth-order valence-corrected chi connectivity index (χ4v) is 2.63. The largest absolute Gasteiger partial charge is 0.492 e. The smallest absolute Gasteiger partial charge is 0.274 e. The Labute approximate surface area is 162 Å². The van der Waals surface area contributed by atoms with Crippen LogP contribution in [0.1, 0.15) is 23.0 Å². The molecule has 0 spiro atoms. The van der Waals surface area contributed by atoms with Crippen LogP contribution < -0.4 is 15.4 Å². The summed E-state index contributed by atoms with van der Waals surface area (Å²) in [5, 5.41) is 6.60. The maximum atomic E-state index is 12.6. The highest BCUT2D eigenvalue weighted by atomic mass is 35.5. The van der Waals surface area contributed by atoms with Gasteiger partial charge in [0, 0.05) is 16.8 Å². The van der Waals surface area contributed by atoms with E-state index >= 15 is 0 Å². The number of nitrogens with zero attached hydrogens (tertiary/aromatic N) is 2. The van der Waals surface area contributed by atoms with E-state index in [1.807, 2.05) is 38.1 Å². The highest BCUT2D eigenvalue weighted by Crippen LogP contribution is 2.25. The number of anilines is 3. The Kier molecular flexibility index (Phi) is 5.88. The molecular formula is C20H19ClN4O2. The Morgan fingerprint density at radius 3 is 2.74 bits per heavy atom. The summed E-state index contributed by atoms with van der Waals surface area (Å²) in [5.41, 5.74) is 2.64. The molecule has 1 amide bonds. The number of halogens is 1. The Balaban J connectivity index is 1.79. The molecule has 27 heavy (non-hydrogen) atoms. The van der Waals surface area contributed by atoms with Gasteiger partial charge in [0.15, 0.2) is 0 Å². The third-order valence-electron chi connectivity index (χ3n) is 3.80. The molecular weight excluding hydrogens is 364 g/mol. The number of hydrogen-bond acceptors (Lipinski definition) is 5. The minimum atomic E-state index is -0.351. The lowest BCUT2D eigenvalue weighted by Gasteiger charge is -2.12. The molecule has 6 nitrogen and oxygen atoms in total. The van der Waals surface area contributed by atoms with Crippen LogP contribution in [0.2, 0.25) is 5.02 Å². The molecule has 2 N–H and O–H groups in total. The fourth-order valence-electron chi connectivity index (χ4n) is 2.45. The van der Waals surface area contributed by atoms with Gasteiger partial charge in [-0.15, -0.1) is 0 Å². The predicted octanol–water partition coefficient (Wildman–Crippen LogP) is 4.83. The van der Waals surface area contributed by atoms with E-state index < -0.39 is 0 Å². The van der Waals surface area contributed by atoms with E-state index in [1.165, 1.54) is 6.33 Å². The van der Waals surface area contributed by atoms with Crippen LogP contribution in [-0.4, -0.2) is 22.5 Å². The molecule has 0 unspecified atom stereocenters. The lowest BCUT2D eigenvalue weighted by Crippen LogP contribution is -2.15. The number of hydrogen-bond donors (Lipinski definition) is 2. The van der Waals surface area contributed by atoms with Crippen LogP contribution in [-0.2, 0) is 0 Å². The second-order valence-electron chi connectivity index (χ2n) is 5.76. The monoisotopic (exact) mass is 382 g/mol. The quantitative estimate of drug-likeness (QED) is 0.638. The van der Waals surface area contributed by atoms with Crippen LogP contribution >= 0.6 is 11.6 Å². The Morgan fingerprint density at radius 2 is 1.93 bits per heavy atom. The summed E-state index contributed by atoms with van der Waals surface area (Å²) < 4.78 is 5.53. The maximum absolute atomic E-state index is 12.6. The van der Waals surface area contributed by atoms with Gasteiger partial charge in [0.1, 0.15) is 23.6 Å². The summed E-state index contributed by atoms with van der Waals surface area (Å²) >= 11 is 6.05. The third kappa shape index (κ3) is 4.74. The number of carbonyl (C=O) groups excluding carboxylic acids is 1. The van der Waals surface area contributed by atoms with Gasteiger partial charge in [-0.3, -0.25) is 4.79 Å². The number of nitrogens with one attached hydrogen (secondary N) is 2. The SMILES string of the molecule is CCOc1ccccc1NC(=O)c1cc(Nc2cc(Cl)ccc2C)ncn1. The first-order chi connectivity index (χ1) is 13.1. The molecule has 0 saturated heterocycles. The molecule has 1 heterocycles. The van der Waals surface area contributed by atoms with E-state index in [-0.39, 0.29) is 11.6 Å². The number of benzene rings is 2. The highest BCUT2D eigenvalue weighted by molar-refractivity contribution is 6.30. The molecule has 0 aliphatic carbocycles. The number of aryl methyl sites for hydroxylation is 1. The van der Waals surface area contributed by atoms with Crippen molar-refractivity contribution >= 4 is 34.7 Å². The summed E-state index contributed by atoms with van der Waals surface area (Å²) in [7, 11) is 0. The predicted molar refractivity (Wildman–Crippen MR) is 107 cm³/mol. The van der Waals surface area contributed by atoms with Crippen molar-refractivity contribution in [2.24, 2.45) is 0 Å². The third-order valence-corrected chi connectivity index (χ3v) is 4.03. The maximum Gasteiger partial charge on any atom is 0.274 e. The van der Waals surface area contributed by atoms with Crippen molar-refractivity contribution in [3.63, 3.8) is 0 Å². The molecule has 0 radical (unpaired) electrons. The molecule has 2 aromatic carbocycles. The Morgan fingerprint density at radius 1 is 1.11 bits per heavy atom. The molecule has 0 saturated carbocycles. The van der Waals surface area contributed by atoms with Crippen LogP contribution in [0.3, 0.4) is 0 Å². The van der Waals surface area contributed by atoms with Crippen LogP contribution in [0.5, 0.6) is 5.75 Å². The zero-order valence-electron chi connectivity index (χ0n) is 15.0. The Bertz CT molecular complexity index is 962. The standard InChI is InChI=1S/C20H19ClN4O2/c1-3-27-18-7-5-4-6-15(18)25-20(26)17-11-19(23-12-22-17)24-16-10-14(21)9-8-13(16)2/h4-12H,3H2,1-2H3,(H,25,26)(H,22,23,24). The Hall–Kier alpha value is -3.12. The first-order valence-corrected chi connectivity index (χ1v) is 8.83. The van der Waals surface area contributed by atoms with Gasteiger partial charge in [-0.1, -0.05) is 29.8 Å². The fraction of sp³-hybridized carbons (Fsp3) is 0.150. The lowest BCUT2D eigenvalue weighted by molar-refractivity contribution is 0.102. The molecule has 0 aliphatic rings. The van der Waals surface area contributed by atoms with Crippen molar-refractivity contribution in [2.75, 3.05) is 17.2 Å². The second-order valence-corrected chi connectivity index (χ2v) is 6.19. The first kappa shape index (κ1) is 18.7. The average Bonchev–Trinajstić information content (AvgIpc) is 2.67. The van der Waals surface area contributed by atoms with Crippen molar-refractivity contribution in [1.82, 2.24) is 9.97 Å². The van der Waals surface area contributed by atoms with Crippen LogP contribution in [0.15, 0.2) is 54.9 Å². The van der Waals surface area contributed by atoms with Crippen LogP contribution in [0.25, 0.3) is 0 Å². The molecule has 1 aromatic heterocycles. The van der Waals surface area contributed by atoms with Gasteiger partial charge in [-0.2, -0.15) is 0 Å². The van der Waals surface area contributed by atoms with Crippen molar-refractivity contribution in [3.05, 3.63) is 71.1 Å². The zero-order chi connectivity index (χ0) is 19.2. The molecule has 3 rings (SSSR count). The number of aromatic nitrogens is 2. The molecule has 3 aromatic rings. The van der Waals surface area contributed by atoms with Crippen molar-refractivity contribution in [1.29, 1.82) is 0 Å². The highest BCUT2D eigenvalue weighted by Gasteiger charge is 2.12. The molecule has 138 valence electrons. The molecule has 0 atom stereocenters. The van der Waals surface area contributed by atoms with Crippen LogP contribution in [0, 0.1) is 6.92 Å². The van der Waals surface area contributed by atoms with Gasteiger partial charge in [-0.05, 0) is 43.7 Å². The van der Waals surface area contributed by atoms with E-state index in [4.69, 9.17) is 16.3 Å². The minimum absolute atomic E-state index is 0.235. The summed E-state index contributed by atoms with van der Waals surface area (Å²) in [6.45, 7) is 4.35. The minimum Gasteiger partial charge on any atom is -0.492 e. The van der Waals surface area contributed by atoms with Crippen molar-refractivity contribution in [2.45, 2.75) is 13.8 Å². The van der Waals surface area contributed by atoms with Gasteiger partial charge in [0.25, 0.3) is 5.91 Å². The molecule has 7 heteroatoms. The number of rotatable bonds is 6. The summed E-state index contributed by atoms with van der Waals surface area (Å²) in [4.78, 5) is 20.8. The summed E-state index contributed by atoms with van der Waals surface area (Å²) in [6, 6.07) is 14.4. The van der Waals surface area contributed by atoms with Gasteiger partial charge in [0.2, 0.25) is 0 Å². The molecule has 0 bridgehead atoms. The van der Waals surface area contributed by atoms with E-state index in [2.05, 4.69) is 20.6 Å². The van der Waals surface area contributed by atoms with E-state index in [0.717, 1.165) is 11.3 Å². The second kappa shape index (κ2) is 8.51. The number of ether oxygens (including phenoxy) is 1. The number of amides is 1. The summed E-state index contributed by atoms with van der Waals surface area (Å²) in [5.74, 6) is 0.754. The van der Waals surface area contributed by atoms with Gasteiger partial charge < -0.3 is 15.4 Å². The molecule has 0 fully saturated rings.